The fraction of sp³-hybridized carbons (Fsp3) is 0.438. The highest BCUT2D eigenvalue weighted by molar-refractivity contribution is 7.09. The van der Waals surface area contributed by atoms with Gasteiger partial charge in [0, 0.05) is 11.1 Å². The number of hydrogen-bond donors (Lipinski definition) is 1. The van der Waals surface area contributed by atoms with Gasteiger partial charge in [0.2, 0.25) is 5.91 Å². The molecule has 2 aromatic rings. The summed E-state index contributed by atoms with van der Waals surface area (Å²) in [6, 6.07) is 6.02. The first-order valence-electron chi connectivity index (χ1n) is 7.26. The van der Waals surface area contributed by atoms with E-state index in [0.29, 0.717) is 12.3 Å². The molecule has 4 nitrogen and oxygen atoms in total. The van der Waals surface area contributed by atoms with Crippen LogP contribution in [0.5, 0.6) is 0 Å². The summed E-state index contributed by atoms with van der Waals surface area (Å²) in [5.41, 5.74) is 2.81. The zero-order valence-corrected chi connectivity index (χ0v) is 13.1. The van der Waals surface area contributed by atoms with Gasteiger partial charge in [-0.25, -0.2) is 4.98 Å². The van der Waals surface area contributed by atoms with Gasteiger partial charge >= 0.3 is 0 Å². The van der Waals surface area contributed by atoms with Crippen LogP contribution in [0.2, 0.25) is 0 Å². The van der Waals surface area contributed by atoms with Crippen molar-refractivity contribution in [3.63, 3.8) is 0 Å². The molecule has 1 aliphatic carbocycles. The highest BCUT2D eigenvalue weighted by Crippen LogP contribution is 2.40. The number of carbonyl (C=O) groups excluding carboxylic acids is 1. The number of aryl methyl sites for hydroxylation is 2. The Morgan fingerprint density at radius 3 is 2.81 bits per heavy atom. The summed E-state index contributed by atoms with van der Waals surface area (Å²) in [5, 5.41) is 6.09. The lowest BCUT2D eigenvalue weighted by atomic mass is 10.1. The number of aromatic nitrogens is 2. The Bertz CT molecular complexity index is 648. The second-order valence-corrected chi connectivity index (χ2v) is 6.68. The summed E-state index contributed by atoms with van der Waals surface area (Å²) in [6.45, 7) is 3.93. The van der Waals surface area contributed by atoms with Crippen molar-refractivity contribution in [1.29, 1.82) is 0 Å². The van der Waals surface area contributed by atoms with Crippen LogP contribution in [0, 0.1) is 19.8 Å². The molecule has 2 heterocycles. The van der Waals surface area contributed by atoms with Crippen LogP contribution in [0.3, 0.4) is 0 Å². The molecule has 1 atom stereocenters. The normalized spacial score (nSPS) is 15.7. The van der Waals surface area contributed by atoms with Gasteiger partial charge in [-0.1, -0.05) is 6.07 Å². The average Bonchev–Trinajstić information content (AvgIpc) is 3.20. The van der Waals surface area contributed by atoms with Gasteiger partial charge in [0.25, 0.3) is 0 Å². The Morgan fingerprint density at radius 2 is 2.19 bits per heavy atom. The summed E-state index contributed by atoms with van der Waals surface area (Å²) in [6.07, 6.45) is 2.67. The fourth-order valence-corrected chi connectivity index (χ4v) is 3.09. The van der Waals surface area contributed by atoms with Crippen LogP contribution in [-0.4, -0.2) is 15.9 Å². The van der Waals surface area contributed by atoms with E-state index in [4.69, 9.17) is 0 Å². The SMILES string of the molecule is Cc1cccc([C@@H](NC(=O)Cc2csc(C)n2)C2CC2)n1. The monoisotopic (exact) mass is 301 g/mol. The third-order valence-corrected chi connectivity index (χ3v) is 4.47. The smallest absolute Gasteiger partial charge is 0.226 e. The van der Waals surface area contributed by atoms with Crippen molar-refractivity contribution in [2.45, 2.75) is 39.2 Å². The second-order valence-electron chi connectivity index (χ2n) is 5.62. The van der Waals surface area contributed by atoms with Crippen molar-refractivity contribution in [2.75, 3.05) is 0 Å². The lowest BCUT2D eigenvalue weighted by Gasteiger charge is -2.18. The van der Waals surface area contributed by atoms with Gasteiger partial charge in [0.05, 0.1) is 28.9 Å². The summed E-state index contributed by atoms with van der Waals surface area (Å²) in [4.78, 5) is 21.2. The van der Waals surface area contributed by atoms with Gasteiger partial charge in [-0.2, -0.15) is 0 Å². The quantitative estimate of drug-likeness (QED) is 0.923. The predicted octanol–water partition coefficient (Wildman–Crippen LogP) is 2.96. The standard InChI is InChI=1S/C16H19N3OS/c1-10-4-3-5-14(17-10)16(12-6-7-12)19-15(20)8-13-9-21-11(2)18-13/h3-5,9,12,16H,6-8H2,1-2H3,(H,19,20)/t16-/m0/s1. The second kappa shape index (κ2) is 5.93. The van der Waals surface area contributed by atoms with E-state index in [2.05, 4.69) is 15.3 Å². The van der Waals surface area contributed by atoms with E-state index in [9.17, 15) is 4.79 Å². The molecule has 1 saturated carbocycles. The molecule has 1 amide bonds. The van der Waals surface area contributed by atoms with Crippen molar-refractivity contribution >= 4 is 17.2 Å². The third kappa shape index (κ3) is 3.67. The molecular formula is C16H19N3OS. The van der Waals surface area contributed by atoms with Gasteiger partial charge < -0.3 is 5.32 Å². The molecule has 5 heteroatoms. The molecule has 0 saturated heterocycles. The van der Waals surface area contributed by atoms with E-state index < -0.39 is 0 Å². The molecule has 3 rings (SSSR count). The molecule has 0 unspecified atom stereocenters. The van der Waals surface area contributed by atoms with E-state index >= 15 is 0 Å². The van der Waals surface area contributed by atoms with Gasteiger partial charge in [0.15, 0.2) is 0 Å². The molecule has 1 aliphatic rings. The predicted molar refractivity (Wildman–Crippen MR) is 83.1 cm³/mol. The lowest BCUT2D eigenvalue weighted by Crippen LogP contribution is -2.31. The molecule has 0 bridgehead atoms. The molecule has 21 heavy (non-hydrogen) atoms. The Hall–Kier alpha value is -1.75. The zero-order valence-electron chi connectivity index (χ0n) is 12.3. The first-order valence-corrected chi connectivity index (χ1v) is 8.14. The van der Waals surface area contributed by atoms with Crippen molar-refractivity contribution in [3.05, 3.63) is 45.7 Å². The molecule has 0 aromatic carbocycles. The van der Waals surface area contributed by atoms with Gasteiger partial charge in [-0.15, -0.1) is 11.3 Å². The van der Waals surface area contributed by atoms with Crippen LogP contribution in [0.4, 0.5) is 0 Å². The van der Waals surface area contributed by atoms with E-state index in [-0.39, 0.29) is 11.9 Å². The number of hydrogen-bond acceptors (Lipinski definition) is 4. The molecule has 0 radical (unpaired) electrons. The zero-order chi connectivity index (χ0) is 14.8. The van der Waals surface area contributed by atoms with E-state index in [0.717, 1.165) is 34.9 Å². The number of nitrogens with one attached hydrogen (secondary N) is 1. The molecule has 0 spiro atoms. The molecule has 1 fully saturated rings. The third-order valence-electron chi connectivity index (χ3n) is 3.65. The Kier molecular flexibility index (Phi) is 4.01. The lowest BCUT2D eigenvalue weighted by molar-refractivity contribution is -0.121. The maximum absolute atomic E-state index is 12.2. The average molecular weight is 301 g/mol. The van der Waals surface area contributed by atoms with E-state index in [1.807, 2.05) is 37.4 Å². The minimum atomic E-state index is 0.0282. The number of thiazole rings is 1. The Morgan fingerprint density at radius 1 is 1.38 bits per heavy atom. The Balaban J connectivity index is 1.69. The highest BCUT2D eigenvalue weighted by Gasteiger charge is 2.34. The molecule has 2 aromatic heterocycles. The number of carbonyl (C=O) groups is 1. The minimum Gasteiger partial charge on any atom is -0.347 e. The summed E-state index contributed by atoms with van der Waals surface area (Å²) < 4.78 is 0. The van der Waals surface area contributed by atoms with Gasteiger partial charge in [0.1, 0.15) is 0 Å². The molecular weight excluding hydrogens is 282 g/mol. The molecule has 110 valence electrons. The van der Waals surface area contributed by atoms with Crippen molar-refractivity contribution < 1.29 is 4.79 Å². The van der Waals surface area contributed by atoms with Crippen molar-refractivity contribution in [2.24, 2.45) is 5.92 Å². The maximum Gasteiger partial charge on any atom is 0.226 e. The number of pyridine rings is 1. The number of rotatable bonds is 5. The van der Waals surface area contributed by atoms with Gasteiger partial charge in [-0.05, 0) is 44.7 Å². The van der Waals surface area contributed by atoms with Crippen LogP contribution >= 0.6 is 11.3 Å². The largest absolute Gasteiger partial charge is 0.347 e. The number of nitrogens with zero attached hydrogens (tertiary/aromatic N) is 2. The summed E-state index contributed by atoms with van der Waals surface area (Å²) >= 11 is 1.58. The molecule has 1 N–H and O–H groups in total. The first kappa shape index (κ1) is 14.2. The fourth-order valence-electron chi connectivity index (χ4n) is 2.48. The Labute approximate surface area is 128 Å². The van der Waals surface area contributed by atoms with Crippen LogP contribution in [0.1, 0.15) is 41.0 Å². The number of amides is 1. The van der Waals surface area contributed by atoms with Gasteiger partial charge in [-0.3, -0.25) is 9.78 Å². The molecule has 0 aliphatic heterocycles. The van der Waals surface area contributed by atoms with Crippen LogP contribution in [0.25, 0.3) is 0 Å². The van der Waals surface area contributed by atoms with Crippen molar-refractivity contribution in [1.82, 2.24) is 15.3 Å². The van der Waals surface area contributed by atoms with Crippen LogP contribution < -0.4 is 5.32 Å². The van der Waals surface area contributed by atoms with E-state index in [1.54, 1.807) is 11.3 Å². The van der Waals surface area contributed by atoms with E-state index in [1.165, 1.54) is 0 Å². The minimum absolute atomic E-state index is 0.0282. The highest BCUT2D eigenvalue weighted by atomic mass is 32.1. The topological polar surface area (TPSA) is 54.9 Å². The summed E-state index contributed by atoms with van der Waals surface area (Å²) in [5.74, 6) is 0.556. The maximum atomic E-state index is 12.2. The van der Waals surface area contributed by atoms with Crippen LogP contribution in [0.15, 0.2) is 23.6 Å². The first-order chi connectivity index (χ1) is 10.1. The van der Waals surface area contributed by atoms with Crippen molar-refractivity contribution in [3.8, 4) is 0 Å². The summed E-state index contributed by atoms with van der Waals surface area (Å²) in [7, 11) is 0. The van der Waals surface area contributed by atoms with Crippen LogP contribution in [-0.2, 0) is 11.2 Å².